The number of nitrogens with zero attached hydrogens (tertiary/aromatic N) is 5. The van der Waals surface area contributed by atoms with Crippen molar-refractivity contribution in [1.82, 2.24) is 29.8 Å². The number of hydrogen-bond acceptors (Lipinski definition) is 6. The van der Waals surface area contributed by atoms with Gasteiger partial charge in [-0.25, -0.2) is 14.5 Å². The Labute approximate surface area is 176 Å². The van der Waals surface area contributed by atoms with Crippen LogP contribution in [0.25, 0.3) is 17.1 Å². The van der Waals surface area contributed by atoms with E-state index in [9.17, 15) is 14.4 Å². The van der Waals surface area contributed by atoms with Gasteiger partial charge in [0.05, 0.1) is 11.4 Å². The number of amides is 1. The van der Waals surface area contributed by atoms with Gasteiger partial charge in [-0.05, 0) is 44.2 Å². The van der Waals surface area contributed by atoms with Crippen LogP contribution in [0.3, 0.4) is 0 Å². The Bertz CT molecular complexity index is 1350. The van der Waals surface area contributed by atoms with Gasteiger partial charge in [-0.15, -0.1) is 5.10 Å². The predicted octanol–water partition coefficient (Wildman–Crippen LogP) is 1.43. The summed E-state index contributed by atoms with van der Waals surface area (Å²) in [4.78, 5) is 35.7. The minimum atomic E-state index is -0.393. The number of aromatic amines is 1. The number of nitrogens with one attached hydrogen (secondary N) is 2. The van der Waals surface area contributed by atoms with E-state index in [1.807, 2.05) is 19.9 Å². The lowest BCUT2D eigenvalue weighted by Gasteiger charge is -2.09. The highest BCUT2D eigenvalue weighted by atomic mass is 16.2. The number of rotatable bonds is 5. The molecule has 0 unspecified atom stereocenters. The van der Waals surface area contributed by atoms with E-state index >= 15 is 0 Å². The maximum absolute atomic E-state index is 12.5. The van der Waals surface area contributed by atoms with Gasteiger partial charge in [0, 0.05) is 29.1 Å². The van der Waals surface area contributed by atoms with E-state index in [0.717, 1.165) is 21.6 Å². The molecular formula is C21H19N7O3. The summed E-state index contributed by atoms with van der Waals surface area (Å²) < 4.78 is 2.71. The zero-order valence-corrected chi connectivity index (χ0v) is 16.9. The van der Waals surface area contributed by atoms with Crippen molar-refractivity contribution >= 4 is 11.6 Å². The smallest absolute Gasteiger partial charge is 0.267 e. The molecule has 0 aliphatic carbocycles. The van der Waals surface area contributed by atoms with Gasteiger partial charge >= 0.3 is 0 Å². The fraction of sp³-hybridized carbons (Fsp3) is 0.143. The Morgan fingerprint density at radius 3 is 2.42 bits per heavy atom. The topological polar surface area (TPSA) is 128 Å². The van der Waals surface area contributed by atoms with Crippen molar-refractivity contribution in [2.24, 2.45) is 0 Å². The summed E-state index contributed by atoms with van der Waals surface area (Å²) in [5, 5.41) is 17.7. The van der Waals surface area contributed by atoms with Crippen LogP contribution in [0.2, 0.25) is 0 Å². The van der Waals surface area contributed by atoms with E-state index in [-0.39, 0.29) is 17.7 Å². The molecule has 1 amide bonds. The van der Waals surface area contributed by atoms with Crippen LogP contribution in [0, 0.1) is 13.8 Å². The number of carbonyl (C=O) groups excluding carboxylic acids is 1. The van der Waals surface area contributed by atoms with Crippen molar-refractivity contribution in [3.8, 4) is 17.1 Å². The Kier molecular flexibility index (Phi) is 5.27. The highest BCUT2D eigenvalue weighted by molar-refractivity contribution is 5.90. The van der Waals surface area contributed by atoms with Gasteiger partial charge in [-0.2, -0.15) is 10.2 Å². The third-order valence-corrected chi connectivity index (χ3v) is 4.52. The number of benzene rings is 1. The molecule has 2 N–H and O–H groups in total. The molecule has 3 aromatic heterocycles. The van der Waals surface area contributed by atoms with Gasteiger partial charge in [0.1, 0.15) is 6.54 Å². The standard InChI is InChI=1S/C21H19N7O3/c1-13-11-14(2)28(25-13)18-8-10-21(31)27(26-18)12-20(30)22-16-5-3-15(4-6-16)17-7-9-19(29)24-23-17/h3-11H,12H2,1-2H3,(H,22,30)(H,24,29). The number of aryl methyl sites for hydroxylation is 2. The monoisotopic (exact) mass is 417 g/mol. The molecular weight excluding hydrogens is 398 g/mol. The van der Waals surface area contributed by atoms with Crippen LogP contribution in [-0.4, -0.2) is 35.7 Å². The van der Waals surface area contributed by atoms with Gasteiger partial charge in [-0.1, -0.05) is 12.1 Å². The summed E-state index contributed by atoms with van der Waals surface area (Å²) >= 11 is 0. The molecule has 0 saturated heterocycles. The zero-order valence-electron chi connectivity index (χ0n) is 16.9. The number of carbonyl (C=O) groups is 1. The van der Waals surface area contributed by atoms with E-state index in [2.05, 4.69) is 25.7 Å². The van der Waals surface area contributed by atoms with E-state index < -0.39 is 5.91 Å². The minimum Gasteiger partial charge on any atom is -0.324 e. The molecule has 0 fully saturated rings. The van der Waals surface area contributed by atoms with Gasteiger partial charge in [0.15, 0.2) is 5.82 Å². The second kappa shape index (κ2) is 8.19. The van der Waals surface area contributed by atoms with Crippen LogP contribution in [0.15, 0.2) is 64.2 Å². The summed E-state index contributed by atoms with van der Waals surface area (Å²) in [6.07, 6.45) is 0. The molecule has 31 heavy (non-hydrogen) atoms. The van der Waals surface area contributed by atoms with Gasteiger partial charge in [0.25, 0.3) is 11.1 Å². The van der Waals surface area contributed by atoms with E-state index in [0.29, 0.717) is 17.2 Å². The fourth-order valence-corrected chi connectivity index (χ4v) is 3.09. The van der Waals surface area contributed by atoms with Gasteiger partial charge in [0.2, 0.25) is 5.91 Å². The van der Waals surface area contributed by atoms with Crippen molar-refractivity contribution in [2.75, 3.05) is 5.32 Å². The van der Waals surface area contributed by atoms with Crippen LogP contribution >= 0.6 is 0 Å². The summed E-state index contributed by atoms with van der Waals surface area (Å²) in [5.41, 5.74) is 2.98. The molecule has 4 aromatic rings. The van der Waals surface area contributed by atoms with Crippen LogP contribution in [0.5, 0.6) is 0 Å². The van der Waals surface area contributed by atoms with Crippen molar-refractivity contribution in [1.29, 1.82) is 0 Å². The highest BCUT2D eigenvalue weighted by Crippen LogP contribution is 2.18. The largest absolute Gasteiger partial charge is 0.324 e. The summed E-state index contributed by atoms with van der Waals surface area (Å²) in [7, 11) is 0. The first-order chi connectivity index (χ1) is 14.9. The summed E-state index contributed by atoms with van der Waals surface area (Å²) in [5.74, 6) is 0.0609. The van der Waals surface area contributed by atoms with E-state index in [1.165, 1.54) is 12.1 Å². The number of hydrogen-bond donors (Lipinski definition) is 2. The minimum absolute atomic E-state index is 0.241. The molecule has 3 heterocycles. The molecule has 0 atom stereocenters. The first-order valence-corrected chi connectivity index (χ1v) is 9.47. The van der Waals surface area contributed by atoms with Gasteiger partial charge in [-0.3, -0.25) is 14.4 Å². The lowest BCUT2D eigenvalue weighted by molar-refractivity contribution is -0.117. The molecule has 4 rings (SSSR count). The molecule has 0 aliphatic rings. The van der Waals surface area contributed by atoms with E-state index in [1.54, 1.807) is 41.1 Å². The number of aromatic nitrogens is 6. The van der Waals surface area contributed by atoms with E-state index in [4.69, 9.17) is 0 Å². The molecule has 10 heteroatoms. The molecule has 10 nitrogen and oxygen atoms in total. The lowest BCUT2D eigenvalue weighted by atomic mass is 10.1. The summed E-state index contributed by atoms with van der Waals surface area (Å²) in [6, 6.07) is 14.8. The molecule has 156 valence electrons. The molecule has 0 aliphatic heterocycles. The first-order valence-electron chi connectivity index (χ1n) is 9.47. The highest BCUT2D eigenvalue weighted by Gasteiger charge is 2.11. The Morgan fingerprint density at radius 1 is 1.00 bits per heavy atom. The van der Waals surface area contributed by atoms with Crippen molar-refractivity contribution in [3.05, 3.63) is 86.7 Å². The Morgan fingerprint density at radius 2 is 1.77 bits per heavy atom. The summed E-state index contributed by atoms with van der Waals surface area (Å²) in [6.45, 7) is 3.51. The predicted molar refractivity (Wildman–Crippen MR) is 114 cm³/mol. The zero-order chi connectivity index (χ0) is 22.0. The molecule has 0 radical (unpaired) electrons. The van der Waals surface area contributed by atoms with Crippen LogP contribution < -0.4 is 16.4 Å². The fourth-order valence-electron chi connectivity index (χ4n) is 3.09. The van der Waals surface area contributed by atoms with Crippen molar-refractivity contribution in [3.63, 3.8) is 0 Å². The molecule has 0 saturated carbocycles. The average molecular weight is 417 g/mol. The number of anilines is 1. The van der Waals surface area contributed by atoms with Crippen LogP contribution in [0.4, 0.5) is 5.69 Å². The Hall–Kier alpha value is -4.34. The second-order valence-electron chi connectivity index (χ2n) is 6.96. The third-order valence-electron chi connectivity index (χ3n) is 4.52. The van der Waals surface area contributed by atoms with Gasteiger partial charge < -0.3 is 5.32 Å². The molecule has 0 spiro atoms. The van der Waals surface area contributed by atoms with Crippen molar-refractivity contribution < 1.29 is 4.79 Å². The molecule has 1 aromatic carbocycles. The second-order valence-corrected chi connectivity index (χ2v) is 6.96. The first kappa shape index (κ1) is 20.0. The van der Waals surface area contributed by atoms with Crippen molar-refractivity contribution in [2.45, 2.75) is 20.4 Å². The normalized spacial score (nSPS) is 10.8. The van der Waals surface area contributed by atoms with Crippen LogP contribution in [0.1, 0.15) is 11.4 Å². The maximum atomic E-state index is 12.5. The number of H-pyrrole nitrogens is 1. The Balaban J connectivity index is 1.48. The lowest BCUT2D eigenvalue weighted by Crippen LogP contribution is -2.30. The molecule has 0 bridgehead atoms. The third kappa shape index (κ3) is 4.47. The SMILES string of the molecule is Cc1cc(C)n(-c2ccc(=O)n(CC(=O)Nc3ccc(-c4ccc(=O)[nH]n4)cc3)n2)n1. The maximum Gasteiger partial charge on any atom is 0.267 e. The quantitative estimate of drug-likeness (QED) is 0.506. The van der Waals surface area contributed by atoms with Crippen LogP contribution in [-0.2, 0) is 11.3 Å². The average Bonchev–Trinajstić information content (AvgIpc) is 3.09.